The van der Waals surface area contributed by atoms with Gasteiger partial charge in [-0.25, -0.2) is 0 Å². The number of aryl methyl sites for hydroxylation is 1. The van der Waals surface area contributed by atoms with Crippen molar-refractivity contribution < 1.29 is 17.9 Å². The summed E-state index contributed by atoms with van der Waals surface area (Å²) in [7, 11) is 2.94. The first kappa shape index (κ1) is 12.5. The molecule has 1 heterocycles. The number of para-hydroxylation sites is 1. The lowest BCUT2D eigenvalue weighted by atomic mass is 10.1. The number of hydrogen-bond acceptors (Lipinski definition) is 2. The topological polar surface area (TPSA) is 27.1 Å². The van der Waals surface area contributed by atoms with Gasteiger partial charge >= 0.3 is 6.18 Å². The van der Waals surface area contributed by atoms with E-state index < -0.39 is 11.9 Å². The lowest BCUT2D eigenvalue weighted by Gasteiger charge is -2.07. The Labute approximate surface area is 102 Å². The van der Waals surface area contributed by atoms with Crippen LogP contribution in [0, 0.1) is 0 Å². The number of halogens is 3. The van der Waals surface area contributed by atoms with Crippen LogP contribution < -0.4 is 4.74 Å². The highest BCUT2D eigenvalue weighted by Gasteiger charge is 2.34. The molecule has 1 aromatic heterocycles. The first-order valence-corrected chi connectivity index (χ1v) is 5.18. The van der Waals surface area contributed by atoms with Crippen LogP contribution in [0.2, 0.25) is 0 Å². The minimum absolute atomic E-state index is 0.361. The first-order valence-electron chi connectivity index (χ1n) is 5.18. The molecule has 1 aromatic carbocycles. The zero-order valence-electron chi connectivity index (χ0n) is 9.82. The first-order chi connectivity index (χ1) is 8.43. The lowest BCUT2D eigenvalue weighted by Crippen LogP contribution is -2.06. The number of alkyl halides is 3. The second-order valence-electron chi connectivity index (χ2n) is 3.74. The summed E-state index contributed by atoms with van der Waals surface area (Å²) in [6, 6.07) is 7.88. The Hall–Kier alpha value is -1.98. The van der Waals surface area contributed by atoms with Gasteiger partial charge in [-0.1, -0.05) is 12.1 Å². The van der Waals surface area contributed by atoms with Gasteiger partial charge in [0, 0.05) is 12.6 Å². The Balaban J connectivity index is 2.55. The van der Waals surface area contributed by atoms with Gasteiger partial charge in [-0.05, 0) is 18.2 Å². The highest BCUT2D eigenvalue weighted by atomic mass is 19.4. The van der Waals surface area contributed by atoms with Crippen molar-refractivity contribution >= 4 is 0 Å². The van der Waals surface area contributed by atoms with Gasteiger partial charge < -0.3 is 4.74 Å². The second kappa shape index (κ2) is 4.36. The van der Waals surface area contributed by atoms with Crippen LogP contribution in [0.1, 0.15) is 5.69 Å². The number of methoxy groups -OCH3 is 1. The Morgan fingerprint density at radius 3 is 2.44 bits per heavy atom. The predicted molar refractivity (Wildman–Crippen MR) is 60.2 cm³/mol. The quantitative estimate of drug-likeness (QED) is 0.825. The zero-order chi connectivity index (χ0) is 13.3. The summed E-state index contributed by atoms with van der Waals surface area (Å²) in [6.45, 7) is 0. The van der Waals surface area contributed by atoms with Crippen LogP contribution in [0.25, 0.3) is 11.3 Å². The van der Waals surface area contributed by atoms with Crippen molar-refractivity contribution in [2.45, 2.75) is 6.18 Å². The fourth-order valence-electron chi connectivity index (χ4n) is 1.71. The van der Waals surface area contributed by atoms with Gasteiger partial charge in [0.2, 0.25) is 0 Å². The molecule has 0 unspecified atom stereocenters. The normalized spacial score (nSPS) is 11.6. The van der Waals surface area contributed by atoms with E-state index in [1.54, 1.807) is 24.3 Å². The molecule has 2 rings (SSSR count). The molecule has 0 amide bonds. The minimum Gasteiger partial charge on any atom is -0.496 e. The Morgan fingerprint density at radius 2 is 1.89 bits per heavy atom. The lowest BCUT2D eigenvalue weighted by molar-refractivity contribution is -0.141. The third-order valence-corrected chi connectivity index (χ3v) is 2.55. The van der Waals surface area contributed by atoms with E-state index >= 15 is 0 Å². The van der Waals surface area contributed by atoms with Crippen molar-refractivity contribution in [3.05, 3.63) is 36.0 Å². The van der Waals surface area contributed by atoms with E-state index in [1.165, 1.54) is 18.8 Å². The van der Waals surface area contributed by atoms with Gasteiger partial charge in [0.15, 0.2) is 5.69 Å². The molecular formula is C12H11F3N2O. The van der Waals surface area contributed by atoms with Gasteiger partial charge in [0.25, 0.3) is 0 Å². The van der Waals surface area contributed by atoms with E-state index in [4.69, 9.17) is 4.74 Å². The van der Waals surface area contributed by atoms with Crippen LogP contribution in [0.3, 0.4) is 0 Å². The van der Waals surface area contributed by atoms with Gasteiger partial charge in [-0.15, -0.1) is 0 Å². The molecule has 0 bridgehead atoms. The molecule has 0 aliphatic rings. The van der Waals surface area contributed by atoms with Gasteiger partial charge in [0.1, 0.15) is 5.75 Å². The van der Waals surface area contributed by atoms with Gasteiger partial charge in [-0.2, -0.15) is 18.3 Å². The molecule has 6 heteroatoms. The summed E-state index contributed by atoms with van der Waals surface area (Å²) >= 11 is 0. The standard InChI is InChI=1S/C12H11F3N2O/c1-17-9(7-11(16-17)12(13,14)15)8-5-3-4-6-10(8)18-2/h3-7H,1-2H3. The molecule has 0 atom stereocenters. The molecule has 0 radical (unpaired) electrons. The summed E-state index contributed by atoms with van der Waals surface area (Å²) in [5.41, 5.74) is 0.0242. The van der Waals surface area contributed by atoms with Gasteiger partial charge in [0.05, 0.1) is 12.8 Å². The van der Waals surface area contributed by atoms with Crippen molar-refractivity contribution in [1.82, 2.24) is 9.78 Å². The maximum atomic E-state index is 12.6. The summed E-state index contributed by atoms with van der Waals surface area (Å²) in [5.74, 6) is 0.509. The molecule has 0 saturated carbocycles. The fraction of sp³-hybridized carbons (Fsp3) is 0.250. The monoisotopic (exact) mass is 256 g/mol. The van der Waals surface area contributed by atoms with Crippen molar-refractivity contribution in [1.29, 1.82) is 0 Å². The van der Waals surface area contributed by atoms with Crippen LogP contribution in [-0.4, -0.2) is 16.9 Å². The minimum atomic E-state index is -4.45. The molecule has 0 aliphatic heterocycles. The van der Waals surface area contributed by atoms with E-state index in [-0.39, 0.29) is 0 Å². The number of ether oxygens (including phenoxy) is 1. The van der Waals surface area contributed by atoms with Gasteiger partial charge in [-0.3, -0.25) is 4.68 Å². The Morgan fingerprint density at radius 1 is 1.22 bits per heavy atom. The van der Waals surface area contributed by atoms with E-state index in [1.807, 2.05) is 0 Å². The van der Waals surface area contributed by atoms with Crippen LogP contribution >= 0.6 is 0 Å². The summed E-state index contributed by atoms with van der Waals surface area (Å²) < 4.78 is 44.0. The van der Waals surface area contributed by atoms with E-state index in [0.717, 1.165) is 6.07 Å². The summed E-state index contributed by atoms with van der Waals surface area (Å²) in [6.07, 6.45) is -4.45. The largest absolute Gasteiger partial charge is 0.496 e. The maximum absolute atomic E-state index is 12.6. The average Bonchev–Trinajstić information content (AvgIpc) is 2.71. The number of hydrogen-bond donors (Lipinski definition) is 0. The average molecular weight is 256 g/mol. The molecule has 0 fully saturated rings. The van der Waals surface area contributed by atoms with Crippen molar-refractivity contribution in [2.75, 3.05) is 7.11 Å². The third kappa shape index (κ3) is 2.18. The van der Waals surface area contributed by atoms with Crippen LogP contribution in [0.4, 0.5) is 13.2 Å². The number of rotatable bonds is 2. The van der Waals surface area contributed by atoms with Crippen LogP contribution in [-0.2, 0) is 13.2 Å². The van der Waals surface area contributed by atoms with Crippen molar-refractivity contribution in [3.8, 4) is 17.0 Å². The number of nitrogens with zero attached hydrogens (tertiary/aromatic N) is 2. The molecule has 96 valence electrons. The molecule has 3 nitrogen and oxygen atoms in total. The molecule has 0 saturated heterocycles. The fourth-order valence-corrected chi connectivity index (χ4v) is 1.71. The van der Waals surface area contributed by atoms with Crippen LogP contribution in [0.15, 0.2) is 30.3 Å². The van der Waals surface area contributed by atoms with E-state index in [2.05, 4.69) is 5.10 Å². The second-order valence-corrected chi connectivity index (χ2v) is 3.74. The third-order valence-electron chi connectivity index (χ3n) is 2.55. The SMILES string of the molecule is COc1ccccc1-c1cc(C(F)(F)F)nn1C. The predicted octanol–water partition coefficient (Wildman–Crippen LogP) is 3.11. The van der Waals surface area contributed by atoms with E-state index in [0.29, 0.717) is 17.0 Å². The molecule has 0 spiro atoms. The summed E-state index contributed by atoms with van der Waals surface area (Å²) in [4.78, 5) is 0. The smallest absolute Gasteiger partial charge is 0.435 e. The molecule has 0 N–H and O–H groups in total. The highest BCUT2D eigenvalue weighted by molar-refractivity contribution is 5.67. The molecule has 0 aliphatic carbocycles. The number of aromatic nitrogens is 2. The Bertz CT molecular complexity index is 561. The molecule has 2 aromatic rings. The van der Waals surface area contributed by atoms with E-state index in [9.17, 15) is 13.2 Å². The van der Waals surface area contributed by atoms with Crippen molar-refractivity contribution in [3.63, 3.8) is 0 Å². The zero-order valence-corrected chi connectivity index (χ0v) is 9.82. The molecule has 18 heavy (non-hydrogen) atoms. The van der Waals surface area contributed by atoms with Crippen LogP contribution in [0.5, 0.6) is 5.75 Å². The highest BCUT2D eigenvalue weighted by Crippen LogP contribution is 2.34. The maximum Gasteiger partial charge on any atom is 0.435 e. The Kier molecular flexibility index (Phi) is 3.02. The molecular weight excluding hydrogens is 245 g/mol. The van der Waals surface area contributed by atoms with Crippen molar-refractivity contribution in [2.24, 2.45) is 7.05 Å². The summed E-state index contributed by atoms with van der Waals surface area (Å²) in [5, 5.41) is 3.47. The number of benzene rings is 1.